The molecule has 1 atom stereocenters. The van der Waals surface area contributed by atoms with Gasteiger partial charge in [0.25, 0.3) is 5.56 Å². The number of likely N-dealkylation sites (N-methyl/N-ethyl adjacent to an activating group) is 1. The number of hydrogen-bond donors (Lipinski definition) is 2. The lowest BCUT2D eigenvalue weighted by Gasteiger charge is -2.14. The molecule has 0 saturated heterocycles. The Morgan fingerprint density at radius 1 is 1.26 bits per heavy atom. The quantitative estimate of drug-likeness (QED) is 0.677. The first-order valence-corrected chi connectivity index (χ1v) is 9.48. The van der Waals surface area contributed by atoms with Crippen LogP contribution < -0.4 is 16.2 Å². The van der Waals surface area contributed by atoms with Crippen LogP contribution in [-0.4, -0.2) is 34.0 Å². The predicted octanol–water partition coefficient (Wildman–Crippen LogP) is 1.77. The van der Waals surface area contributed by atoms with Crippen LogP contribution in [0.1, 0.15) is 13.8 Å². The molecular formula is C19H20N4O3S. The summed E-state index contributed by atoms with van der Waals surface area (Å²) in [6.45, 7) is 3.69. The third kappa shape index (κ3) is 4.06. The van der Waals surface area contributed by atoms with E-state index in [4.69, 9.17) is 0 Å². The summed E-state index contributed by atoms with van der Waals surface area (Å²) >= 11 is 1.39. The molecule has 0 aliphatic rings. The van der Waals surface area contributed by atoms with Gasteiger partial charge >= 0.3 is 0 Å². The Labute approximate surface area is 160 Å². The van der Waals surface area contributed by atoms with Gasteiger partial charge < -0.3 is 10.6 Å². The van der Waals surface area contributed by atoms with E-state index in [0.717, 1.165) is 11.1 Å². The van der Waals surface area contributed by atoms with Crippen LogP contribution in [0.3, 0.4) is 0 Å². The normalized spacial score (nSPS) is 11.9. The molecule has 27 heavy (non-hydrogen) atoms. The number of carbonyl (C=O) groups is 2. The molecule has 2 aromatic heterocycles. The number of aromatic nitrogens is 2. The molecule has 0 radical (unpaired) electrons. The zero-order chi connectivity index (χ0) is 19.4. The van der Waals surface area contributed by atoms with Crippen LogP contribution in [0, 0.1) is 0 Å². The van der Waals surface area contributed by atoms with Crippen molar-refractivity contribution in [3.05, 3.63) is 52.4 Å². The van der Waals surface area contributed by atoms with E-state index >= 15 is 0 Å². The number of amides is 2. The highest BCUT2D eigenvalue weighted by Crippen LogP contribution is 2.30. The molecule has 0 aliphatic carbocycles. The standard InChI is InChI=1S/C19H20N4O3S/c1-3-20-17(25)12(2)22-15(24)9-23-11-21-18-16(19(23)26)14(10-27-18)13-7-5-4-6-8-13/h4-8,10-12H,3,9H2,1-2H3,(H,20,25)(H,22,24)/t12-/m0/s1. The molecule has 0 spiro atoms. The summed E-state index contributed by atoms with van der Waals surface area (Å²) in [5.41, 5.74) is 1.45. The van der Waals surface area contributed by atoms with Gasteiger partial charge in [-0.3, -0.25) is 19.0 Å². The Morgan fingerprint density at radius 3 is 2.70 bits per heavy atom. The number of nitrogens with zero attached hydrogens (tertiary/aromatic N) is 2. The van der Waals surface area contributed by atoms with Gasteiger partial charge in [-0.05, 0) is 19.4 Å². The Bertz CT molecular complexity index is 1030. The molecule has 3 rings (SSSR count). The fourth-order valence-electron chi connectivity index (χ4n) is 2.75. The van der Waals surface area contributed by atoms with E-state index in [-0.39, 0.29) is 18.0 Å². The minimum absolute atomic E-state index is 0.199. The first kappa shape index (κ1) is 18.8. The molecule has 140 valence electrons. The van der Waals surface area contributed by atoms with E-state index in [9.17, 15) is 14.4 Å². The lowest BCUT2D eigenvalue weighted by molar-refractivity contribution is -0.128. The van der Waals surface area contributed by atoms with Gasteiger partial charge in [-0.2, -0.15) is 0 Å². The Hall–Kier alpha value is -3.00. The van der Waals surface area contributed by atoms with E-state index in [1.165, 1.54) is 22.2 Å². The second-order valence-corrected chi connectivity index (χ2v) is 6.92. The molecule has 1 aromatic carbocycles. The lowest BCUT2D eigenvalue weighted by Crippen LogP contribution is -2.46. The highest BCUT2D eigenvalue weighted by Gasteiger charge is 2.17. The molecule has 0 fully saturated rings. The van der Waals surface area contributed by atoms with E-state index in [2.05, 4.69) is 15.6 Å². The minimum Gasteiger partial charge on any atom is -0.355 e. The fraction of sp³-hybridized carbons (Fsp3) is 0.263. The number of carbonyl (C=O) groups excluding carboxylic acids is 2. The van der Waals surface area contributed by atoms with Crippen molar-refractivity contribution in [2.75, 3.05) is 6.54 Å². The highest BCUT2D eigenvalue weighted by atomic mass is 32.1. The van der Waals surface area contributed by atoms with Crippen molar-refractivity contribution in [2.45, 2.75) is 26.4 Å². The molecule has 2 N–H and O–H groups in total. The van der Waals surface area contributed by atoms with Crippen molar-refractivity contribution in [1.82, 2.24) is 20.2 Å². The van der Waals surface area contributed by atoms with E-state index < -0.39 is 11.9 Å². The third-order valence-corrected chi connectivity index (χ3v) is 4.97. The van der Waals surface area contributed by atoms with E-state index in [1.54, 1.807) is 13.8 Å². The Balaban J connectivity index is 1.86. The number of rotatable bonds is 6. The molecule has 0 bridgehead atoms. The van der Waals surface area contributed by atoms with Crippen LogP contribution in [0.5, 0.6) is 0 Å². The smallest absolute Gasteiger partial charge is 0.263 e. The van der Waals surface area contributed by atoms with Gasteiger partial charge in [0, 0.05) is 17.5 Å². The highest BCUT2D eigenvalue weighted by molar-refractivity contribution is 7.17. The summed E-state index contributed by atoms with van der Waals surface area (Å²) in [6.07, 6.45) is 1.37. The number of fused-ring (bicyclic) bond motifs is 1. The van der Waals surface area contributed by atoms with Crippen molar-refractivity contribution in [3.8, 4) is 11.1 Å². The molecule has 2 amide bonds. The molecule has 2 heterocycles. The number of hydrogen-bond acceptors (Lipinski definition) is 5. The summed E-state index contributed by atoms with van der Waals surface area (Å²) in [4.78, 5) is 41.8. The monoisotopic (exact) mass is 384 g/mol. The fourth-order valence-corrected chi connectivity index (χ4v) is 3.65. The van der Waals surface area contributed by atoms with E-state index in [1.807, 2.05) is 35.7 Å². The first-order valence-electron chi connectivity index (χ1n) is 8.60. The van der Waals surface area contributed by atoms with Crippen molar-refractivity contribution < 1.29 is 9.59 Å². The average molecular weight is 384 g/mol. The molecule has 7 nitrogen and oxygen atoms in total. The number of nitrogens with one attached hydrogen (secondary N) is 2. The van der Waals surface area contributed by atoms with Crippen LogP contribution in [0.2, 0.25) is 0 Å². The van der Waals surface area contributed by atoms with Crippen molar-refractivity contribution in [2.24, 2.45) is 0 Å². The molecule has 0 saturated carbocycles. The Morgan fingerprint density at radius 2 is 2.00 bits per heavy atom. The van der Waals surface area contributed by atoms with Crippen LogP contribution >= 0.6 is 11.3 Å². The maximum absolute atomic E-state index is 12.9. The predicted molar refractivity (Wildman–Crippen MR) is 106 cm³/mol. The van der Waals surface area contributed by atoms with Gasteiger partial charge in [0.15, 0.2) is 0 Å². The molecule has 0 aliphatic heterocycles. The average Bonchev–Trinajstić information content (AvgIpc) is 3.10. The number of benzene rings is 1. The largest absolute Gasteiger partial charge is 0.355 e. The third-order valence-electron chi connectivity index (χ3n) is 4.08. The van der Waals surface area contributed by atoms with Crippen LogP contribution in [-0.2, 0) is 16.1 Å². The Kier molecular flexibility index (Phi) is 5.66. The molecule has 8 heteroatoms. The first-order chi connectivity index (χ1) is 13.0. The van der Waals surface area contributed by atoms with Gasteiger partial charge in [0.2, 0.25) is 11.8 Å². The summed E-state index contributed by atoms with van der Waals surface area (Å²) in [5.74, 6) is -0.690. The molecular weight excluding hydrogens is 364 g/mol. The topological polar surface area (TPSA) is 93.1 Å². The second kappa shape index (κ2) is 8.13. The summed E-state index contributed by atoms with van der Waals surface area (Å²) in [7, 11) is 0. The van der Waals surface area contributed by atoms with Crippen molar-refractivity contribution >= 4 is 33.4 Å². The lowest BCUT2D eigenvalue weighted by atomic mass is 10.1. The van der Waals surface area contributed by atoms with E-state index in [0.29, 0.717) is 16.8 Å². The van der Waals surface area contributed by atoms with Crippen molar-refractivity contribution in [1.29, 1.82) is 0 Å². The summed E-state index contributed by atoms with van der Waals surface area (Å²) < 4.78 is 1.27. The van der Waals surface area contributed by atoms with Crippen LogP contribution in [0.15, 0.2) is 46.8 Å². The second-order valence-electron chi connectivity index (χ2n) is 6.06. The van der Waals surface area contributed by atoms with Gasteiger partial charge in [-0.1, -0.05) is 30.3 Å². The SMILES string of the molecule is CCNC(=O)[C@H](C)NC(=O)Cn1cnc2scc(-c3ccccc3)c2c1=O. The van der Waals surface area contributed by atoms with Gasteiger partial charge in [0.1, 0.15) is 17.4 Å². The number of thiophene rings is 1. The van der Waals surface area contributed by atoms with Crippen molar-refractivity contribution in [3.63, 3.8) is 0 Å². The van der Waals surface area contributed by atoms with Gasteiger partial charge in [0.05, 0.1) is 11.7 Å². The maximum atomic E-state index is 12.9. The zero-order valence-electron chi connectivity index (χ0n) is 15.1. The summed E-state index contributed by atoms with van der Waals surface area (Å²) in [6, 6.07) is 8.91. The van der Waals surface area contributed by atoms with Crippen LogP contribution in [0.4, 0.5) is 0 Å². The van der Waals surface area contributed by atoms with Gasteiger partial charge in [-0.15, -0.1) is 11.3 Å². The molecule has 0 unspecified atom stereocenters. The van der Waals surface area contributed by atoms with Crippen LogP contribution in [0.25, 0.3) is 21.3 Å². The minimum atomic E-state index is -0.675. The zero-order valence-corrected chi connectivity index (χ0v) is 15.9. The maximum Gasteiger partial charge on any atom is 0.263 e. The summed E-state index contributed by atoms with van der Waals surface area (Å²) in [5, 5.41) is 7.63. The van der Waals surface area contributed by atoms with Gasteiger partial charge in [-0.25, -0.2) is 4.98 Å². The molecule has 3 aromatic rings.